The van der Waals surface area contributed by atoms with E-state index < -0.39 is 10.0 Å². The van der Waals surface area contributed by atoms with Crippen LogP contribution in [0.5, 0.6) is 0 Å². The molecule has 33 heavy (non-hydrogen) atoms. The van der Waals surface area contributed by atoms with Crippen LogP contribution in [0, 0.1) is 26.7 Å². The number of hydrogen-bond acceptors (Lipinski definition) is 4. The Balaban J connectivity index is 1.30. The lowest BCUT2D eigenvalue weighted by Crippen LogP contribution is -2.52. The van der Waals surface area contributed by atoms with Crippen molar-refractivity contribution in [2.75, 3.05) is 44.2 Å². The molecule has 2 aliphatic rings. The first-order chi connectivity index (χ1) is 15.8. The highest BCUT2D eigenvalue weighted by Crippen LogP contribution is 2.27. The third-order valence-electron chi connectivity index (χ3n) is 7.30. The third-order valence-corrected chi connectivity index (χ3v) is 9.13. The van der Waals surface area contributed by atoms with Gasteiger partial charge in [-0.25, -0.2) is 12.7 Å². The predicted molar refractivity (Wildman–Crippen MR) is 133 cm³/mol. The van der Waals surface area contributed by atoms with E-state index in [1.54, 1.807) is 4.31 Å². The number of hydrogen-bond donors (Lipinski definition) is 0. The number of aryl methyl sites for hydroxylation is 2. The first-order valence-electron chi connectivity index (χ1n) is 11.9. The number of piperazine rings is 1. The number of carbonyl (C=O) groups is 1. The molecule has 1 amide bonds. The van der Waals surface area contributed by atoms with Gasteiger partial charge in [0, 0.05) is 50.9 Å². The van der Waals surface area contributed by atoms with Gasteiger partial charge in [0.2, 0.25) is 15.9 Å². The second-order valence-corrected chi connectivity index (χ2v) is 11.4. The second-order valence-electron chi connectivity index (χ2n) is 9.39. The number of piperidine rings is 1. The summed E-state index contributed by atoms with van der Waals surface area (Å²) in [6.07, 6.45) is 1.20. The van der Waals surface area contributed by atoms with E-state index in [1.807, 2.05) is 36.1 Å². The van der Waals surface area contributed by atoms with E-state index in [4.69, 9.17) is 0 Å². The summed E-state index contributed by atoms with van der Waals surface area (Å²) in [6, 6.07) is 14.0. The van der Waals surface area contributed by atoms with Crippen LogP contribution < -0.4 is 4.90 Å². The molecule has 0 radical (unpaired) electrons. The second kappa shape index (κ2) is 9.85. The van der Waals surface area contributed by atoms with Crippen molar-refractivity contribution in [3.8, 4) is 0 Å². The van der Waals surface area contributed by atoms with Gasteiger partial charge < -0.3 is 9.80 Å². The van der Waals surface area contributed by atoms with Gasteiger partial charge in [0.1, 0.15) is 0 Å². The zero-order chi connectivity index (χ0) is 23.6. The molecule has 0 bridgehead atoms. The van der Waals surface area contributed by atoms with Crippen molar-refractivity contribution in [2.24, 2.45) is 5.92 Å². The topological polar surface area (TPSA) is 60.9 Å². The van der Waals surface area contributed by atoms with E-state index in [2.05, 4.69) is 36.9 Å². The van der Waals surface area contributed by atoms with Gasteiger partial charge in [-0.1, -0.05) is 36.4 Å². The summed E-state index contributed by atoms with van der Waals surface area (Å²) in [5.74, 6) is 0.132. The number of amides is 1. The largest absolute Gasteiger partial charge is 0.368 e. The van der Waals surface area contributed by atoms with Gasteiger partial charge in [-0.2, -0.15) is 0 Å². The normalized spacial score (nSPS) is 18.5. The number of sulfonamides is 1. The van der Waals surface area contributed by atoms with E-state index in [0.717, 1.165) is 37.3 Å². The molecular formula is C26H35N3O3S. The summed E-state index contributed by atoms with van der Waals surface area (Å²) in [6.45, 7) is 10.2. The molecule has 7 heteroatoms. The maximum Gasteiger partial charge on any atom is 0.225 e. The standard InChI is InChI=1S/C26H35N3O3S/c1-20-8-6-10-25(22(20)3)27-15-17-28(18-16-27)26(30)23-11-13-29(14-12-23)33(31,32)19-24-9-5-4-7-21(24)2/h4-10,23H,11-19H2,1-3H3. The van der Waals surface area contributed by atoms with Gasteiger partial charge in [0.05, 0.1) is 5.75 Å². The zero-order valence-corrected chi connectivity index (χ0v) is 20.8. The molecule has 4 rings (SSSR count). The fourth-order valence-electron chi connectivity index (χ4n) is 4.94. The molecule has 0 N–H and O–H groups in total. The van der Waals surface area contributed by atoms with E-state index in [-0.39, 0.29) is 17.6 Å². The molecule has 6 nitrogen and oxygen atoms in total. The molecular weight excluding hydrogens is 434 g/mol. The number of rotatable bonds is 5. The number of nitrogens with zero attached hydrogens (tertiary/aromatic N) is 3. The molecule has 2 aromatic carbocycles. The molecule has 0 aliphatic carbocycles. The average molecular weight is 470 g/mol. The molecule has 0 unspecified atom stereocenters. The van der Waals surface area contributed by atoms with E-state index in [1.165, 1.54) is 16.8 Å². The Bertz CT molecular complexity index is 1100. The lowest BCUT2D eigenvalue weighted by atomic mass is 9.96. The Hall–Kier alpha value is -2.38. The first kappa shape index (κ1) is 23.8. The summed E-state index contributed by atoms with van der Waals surface area (Å²) >= 11 is 0. The fraction of sp³-hybridized carbons (Fsp3) is 0.500. The molecule has 2 aromatic rings. The van der Waals surface area contributed by atoms with Crippen LogP contribution >= 0.6 is 0 Å². The molecule has 2 heterocycles. The number of carbonyl (C=O) groups excluding carboxylic acids is 1. The van der Waals surface area contributed by atoms with E-state index >= 15 is 0 Å². The van der Waals surface area contributed by atoms with Crippen molar-refractivity contribution in [3.05, 3.63) is 64.7 Å². The quantitative estimate of drug-likeness (QED) is 0.673. The van der Waals surface area contributed by atoms with Gasteiger partial charge in [0.25, 0.3) is 0 Å². The highest BCUT2D eigenvalue weighted by molar-refractivity contribution is 7.88. The maximum absolute atomic E-state index is 13.1. The molecule has 0 spiro atoms. The Morgan fingerprint density at radius 3 is 2.15 bits per heavy atom. The number of benzene rings is 2. The van der Waals surface area contributed by atoms with Crippen LogP contribution in [0.1, 0.15) is 35.1 Å². The van der Waals surface area contributed by atoms with Gasteiger partial charge in [-0.15, -0.1) is 0 Å². The van der Waals surface area contributed by atoms with Gasteiger partial charge in [-0.3, -0.25) is 4.79 Å². The molecule has 0 saturated carbocycles. The highest BCUT2D eigenvalue weighted by Gasteiger charge is 2.34. The Kier molecular flexibility index (Phi) is 7.10. The summed E-state index contributed by atoms with van der Waals surface area (Å²) in [7, 11) is -3.38. The first-order valence-corrected chi connectivity index (χ1v) is 13.5. The van der Waals surface area contributed by atoms with Crippen LogP contribution in [0.15, 0.2) is 42.5 Å². The van der Waals surface area contributed by atoms with Crippen molar-refractivity contribution >= 4 is 21.6 Å². The van der Waals surface area contributed by atoms with Crippen molar-refractivity contribution < 1.29 is 13.2 Å². The Labute approximate surface area is 198 Å². The molecule has 2 fully saturated rings. The Morgan fingerprint density at radius 1 is 0.848 bits per heavy atom. The summed E-state index contributed by atoms with van der Waals surface area (Å²) in [4.78, 5) is 17.5. The van der Waals surface area contributed by atoms with Crippen LogP contribution in [0.25, 0.3) is 0 Å². The zero-order valence-electron chi connectivity index (χ0n) is 20.0. The van der Waals surface area contributed by atoms with Crippen molar-refractivity contribution in [2.45, 2.75) is 39.4 Å². The molecule has 0 atom stereocenters. The van der Waals surface area contributed by atoms with E-state index in [9.17, 15) is 13.2 Å². The van der Waals surface area contributed by atoms with Crippen molar-refractivity contribution in [1.82, 2.24) is 9.21 Å². The summed E-state index contributed by atoms with van der Waals surface area (Å²) < 4.78 is 27.4. The van der Waals surface area contributed by atoms with Crippen molar-refractivity contribution in [3.63, 3.8) is 0 Å². The van der Waals surface area contributed by atoms with Crippen LogP contribution in [0.4, 0.5) is 5.69 Å². The van der Waals surface area contributed by atoms with Crippen LogP contribution in [-0.4, -0.2) is 62.8 Å². The van der Waals surface area contributed by atoms with Crippen molar-refractivity contribution in [1.29, 1.82) is 0 Å². The van der Waals surface area contributed by atoms with Gasteiger partial charge in [0.15, 0.2) is 0 Å². The monoisotopic (exact) mass is 469 g/mol. The SMILES string of the molecule is Cc1ccccc1CS(=O)(=O)N1CCC(C(=O)N2CCN(c3cccc(C)c3C)CC2)CC1. The maximum atomic E-state index is 13.1. The minimum absolute atomic E-state index is 0.0264. The highest BCUT2D eigenvalue weighted by atomic mass is 32.2. The smallest absolute Gasteiger partial charge is 0.225 e. The molecule has 0 aromatic heterocycles. The van der Waals surface area contributed by atoms with Crippen LogP contribution in [0.2, 0.25) is 0 Å². The van der Waals surface area contributed by atoms with Gasteiger partial charge in [-0.05, 0) is 61.9 Å². The van der Waals surface area contributed by atoms with Gasteiger partial charge >= 0.3 is 0 Å². The molecule has 2 aliphatic heterocycles. The fourth-order valence-corrected chi connectivity index (χ4v) is 6.61. The molecule has 2 saturated heterocycles. The number of anilines is 1. The average Bonchev–Trinajstić information content (AvgIpc) is 2.82. The van der Waals surface area contributed by atoms with Crippen LogP contribution in [0.3, 0.4) is 0 Å². The van der Waals surface area contributed by atoms with E-state index in [0.29, 0.717) is 25.9 Å². The summed E-state index contributed by atoms with van der Waals surface area (Å²) in [5.41, 5.74) is 5.68. The minimum atomic E-state index is -3.38. The minimum Gasteiger partial charge on any atom is -0.368 e. The summed E-state index contributed by atoms with van der Waals surface area (Å²) in [5, 5.41) is 0. The molecule has 178 valence electrons. The third kappa shape index (κ3) is 5.25. The lowest BCUT2D eigenvalue weighted by molar-refractivity contribution is -0.137. The van der Waals surface area contributed by atoms with Crippen LogP contribution in [-0.2, 0) is 20.6 Å². The Morgan fingerprint density at radius 2 is 1.48 bits per heavy atom. The predicted octanol–water partition coefficient (Wildman–Crippen LogP) is 3.50. The lowest BCUT2D eigenvalue weighted by Gasteiger charge is -2.39.